The standard InChI is InChI=1S/C17H21NO2/c19-16-7-5-14(6-8-16)13-15-3-1-2-4-17(15)18-9-11-20-12-10-18/h4-8,13,19H,1-3,9-12H2/b15-13+. The molecule has 1 aliphatic carbocycles. The van der Waals surface area contributed by atoms with Crippen LogP contribution in [0.5, 0.6) is 5.75 Å². The molecule has 3 rings (SSSR count). The van der Waals surface area contributed by atoms with Gasteiger partial charge in [-0.3, -0.25) is 0 Å². The van der Waals surface area contributed by atoms with E-state index in [2.05, 4.69) is 17.1 Å². The lowest BCUT2D eigenvalue weighted by Crippen LogP contribution is -2.36. The van der Waals surface area contributed by atoms with Gasteiger partial charge in [0.15, 0.2) is 0 Å². The summed E-state index contributed by atoms with van der Waals surface area (Å²) < 4.78 is 5.44. The second-order valence-corrected chi connectivity index (χ2v) is 5.34. The summed E-state index contributed by atoms with van der Waals surface area (Å²) in [4.78, 5) is 2.44. The Labute approximate surface area is 120 Å². The van der Waals surface area contributed by atoms with Gasteiger partial charge in [-0.2, -0.15) is 0 Å². The van der Waals surface area contributed by atoms with Crippen LogP contribution in [0.15, 0.2) is 41.6 Å². The Bertz CT molecular complexity index is 510. The maximum atomic E-state index is 9.36. The van der Waals surface area contributed by atoms with Crippen molar-refractivity contribution in [2.24, 2.45) is 0 Å². The molecular formula is C17H21NO2. The Kier molecular flexibility index (Phi) is 4.07. The summed E-state index contributed by atoms with van der Waals surface area (Å²) >= 11 is 0. The molecule has 1 saturated heterocycles. The van der Waals surface area contributed by atoms with Crippen LogP contribution in [0.1, 0.15) is 24.8 Å². The maximum Gasteiger partial charge on any atom is 0.115 e. The second kappa shape index (κ2) is 6.14. The van der Waals surface area contributed by atoms with Gasteiger partial charge in [0.25, 0.3) is 0 Å². The normalized spacial score (nSPS) is 21.9. The lowest BCUT2D eigenvalue weighted by molar-refractivity contribution is 0.0542. The molecule has 1 N–H and O–H groups in total. The van der Waals surface area contributed by atoms with Crippen LogP contribution in [0.2, 0.25) is 0 Å². The van der Waals surface area contributed by atoms with Crippen molar-refractivity contribution in [2.75, 3.05) is 26.3 Å². The molecule has 0 bridgehead atoms. The Hall–Kier alpha value is -1.74. The highest BCUT2D eigenvalue weighted by Gasteiger charge is 2.19. The summed E-state index contributed by atoms with van der Waals surface area (Å²) in [6.07, 6.45) is 8.13. The molecule has 1 aromatic rings. The number of rotatable bonds is 2. The summed E-state index contributed by atoms with van der Waals surface area (Å²) in [6.45, 7) is 3.62. The molecule has 1 aromatic carbocycles. The molecule has 1 aliphatic heterocycles. The van der Waals surface area contributed by atoms with Gasteiger partial charge in [-0.1, -0.05) is 18.2 Å². The number of benzene rings is 1. The fourth-order valence-electron chi connectivity index (χ4n) is 2.84. The van der Waals surface area contributed by atoms with E-state index in [1.54, 1.807) is 12.1 Å². The zero-order valence-corrected chi connectivity index (χ0v) is 11.7. The number of hydrogen-bond donors (Lipinski definition) is 1. The Morgan fingerprint density at radius 3 is 2.60 bits per heavy atom. The predicted molar refractivity (Wildman–Crippen MR) is 80.4 cm³/mol. The van der Waals surface area contributed by atoms with Crippen LogP contribution < -0.4 is 0 Å². The van der Waals surface area contributed by atoms with Crippen molar-refractivity contribution in [1.29, 1.82) is 0 Å². The van der Waals surface area contributed by atoms with Gasteiger partial charge in [0.2, 0.25) is 0 Å². The molecule has 106 valence electrons. The zero-order valence-electron chi connectivity index (χ0n) is 11.7. The molecule has 1 heterocycles. The molecule has 0 aromatic heterocycles. The van der Waals surface area contributed by atoms with E-state index >= 15 is 0 Å². The number of nitrogens with zero attached hydrogens (tertiary/aromatic N) is 1. The van der Waals surface area contributed by atoms with Gasteiger partial charge in [0.05, 0.1) is 13.2 Å². The minimum atomic E-state index is 0.319. The minimum absolute atomic E-state index is 0.319. The average Bonchev–Trinajstić information content (AvgIpc) is 2.51. The molecule has 3 heteroatoms. The number of phenolic OH excluding ortho intramolecular Hbond substituents is 1. The first-order valence-electron chi connectivity index (χ1n) is 7.36. The Balaban J connectivity index is 1.84. The Morgan fingerprint density at radius 2 is 1.85 bits per heavy atom. The minimum Gasteiger partial charge on any atom is -0.508 e. The third kappa shape index (κ3) is 3.05. The quantitative estimate of drug-likeness (QED) is 0.896. The van der Waals surface area contributed by atoms with E-state index in [0.717, 1.165) is 38.3 Å². The molecular weight excluding hydrogens is 250 g/mol. The molecule has 0 radical (unpaired) electrons. The lowest BCUT2D eigenvalue weighted by atomic mass is 9.95. The summed E-state index contributed by atoms with van der Waals surface area (Å²) in [6, 6.07) is 7.42. The van der Waals surface area contributed by atoms with Crippen LogP contribution in [0.4, 0.5) is 0 Å². The van der Waals surface area contributed by atoms with E-state index in [4.69, 9.17) is 4.74 Å². The zero-order chi connectivity index (χ0) is 13.8. The topological polar surface area (TPSA) is 32.7 Å². The fraction of sp³-hybridized carbons (Fsp3) is 0.412. The van der Waals surface area contributed by atoms with E-state index in [9.17, 15) is 5.11 Å². The van der Waals surface area contributed by atoms with Crippen LogP contribution in [0.3, 0.4) is 0 Å². The molecule has 0 unspecified atom stereocenters. The van der Waals surface area contributed by atoms with Crippen molar-refractivity contribution < 1.29 is 9.84 Å². The van der Waals surface area contributed by atoms with E-state index in [0.29, 0.717) is 5.75 Å². The van der Waals surface area contributed by atoms with Crippen LogP contribution in [-0.4, -0.2) is 36.3 Å². The summed E-state index contributed by atoms with van der Waals surface area (Å²) in [5.74, 6) is 0.319. The van der Waals surface area contributed by atoms with Crippen LogP contribution >= 0.6 is 0 Å². The number of allylic oxidation sites excluding steroid dienone is 2. The predicted octanol–water partition coefficient (Wildman–Crippen LogP) is 3.18. The monoisotopic (exact) mass is 271 g/mol. The fourth-order valence-corrected chi connectivity index (χ4v) is 2.84. The first-order valence-corrected chi connectivity index (χ1v) is 7.36. The van der Waals surface area contributed by atoms with Gasteiger partial charge in [-0.15, -0.1) is 0 Å². The summed E-state index contributed by atoms with van der Waals surface area (Å²) in [5, 5.41) is 9.36. The Morgan fingerprint density at radius 1 is 1.10 bits per heavy atom. The second-order valence-electron chi connectivity index (χ2n) is 5.34. The van der Waals surface area contributed by atoms with Crippen LogP contribution in [-0.2, 0) is 4.74 Å². The van der Waals surface area contributed by atoms with E-state index in [1.165, 1.54) is 24.1 Å². The maximum absolute atomic E-state index is 9.36. The van der Waals surface area contributed by atoms with Gasteiger partial charge >= 0.3 is 0 Å². The highest BCUT2D eigenvalue weighted by atomic mass is 16.5. The van der Waals surface area contributed by atoms with Crippen molar-refractivity contribution in [3.63, 3.8) is 0 Å². The molecule has 3 nitrogen and oxygen atoms in total. The van der Waals surface area contributed by atoms with Crippen molar-refractivity contribution in [3.05, 3.63) is 47.2 Å². The number of morpholine rings is 1. The van der Waals surface area contributed by atoms with E-state index < -0.39 is 0 Å². The largest absolute Gasteiger partial charge is 0.508 e. The third-order valence-electron chi connectivity index (χ3n) is 3.90. The van der Waals surface area contributed by atoms with E-state index in [1.807, 2.05) is 12.1 Å². The molecule has 20 heavy (non-hydrogen) atoms. The smallest absolute Gasteiger partial charge is 0.115 e. The average molecular weight is 271 g/mol. The molecule has 0 saturated carbocycles. The summed E-state index contributed by atoms with van der Waals surface area (Å²) in [5.41, 5.74) is 3.94. The highest BCUT2D eigenvalue weighted by molar-refractivity contribution is 5.59. The molecule has 0 atom stereocenters. The first kappa shape index (κ1) is 13.3. The molecule has 1 fully saturated rings. The number of aromatic hydroxyl groups is 1. The van der Waals surface area contributed by atoms with Crippen molar-refractivity contribution in [3.8, 4) is 5.75 Å². The van der Waals surface area contributed by atoms with Crippen LogP contribution in [0.25, 0.3) is 6.08 Å². The van der Waals surface area contributed by atoms with Gasteiger partial charge in [-0.25, -0.2) is 0 Å². The highest BCUT2D eigenvalue weighted by Crippen LogP contribution is 2.29. The van der Waals surface area contributed by atoms with E-state index in [-0.39, 0.29) is 0 Å². The lowest BCUT2D eigenvalue weighted by Gasteiger charge is -2.34. The first-order chi connectivity index (χ1) is 9.83. The molecule has 0 spiro atoms. The van der Waals surface area contributed by atoms with Gasteiger partial charge in [-0.05, 0) is 48.6 Å². The number of phenols is 1. The SMILES string of the molecule is Oc1ccc(/C=C2\CCCC=C2N2CCOCC2)cc1. The van der Waals surface area contributed by atoms with Crippen molar-refractivity contribution in [2.45, 2.75) is 19.3 Å². The molecule has 0 amide bonds. The van der Waals surface area contributed by atoms with Crippen molar-refractivity contribution in [1.82, 2.24) is 4.90 Å². The van der Waals surface area contributed by atoms with Gasteiger partial charge in [0.1, 0.15) is 5.75 Å². The van der Waals surface area contributed by atoms with Crippen molar-refractivity contribution >= 4 is 6.08 Å². The van der Waals surface area contributed by atoms with Gasteiger partial charge in [0, 0.05) is 18.8 Å². The number of ether oxygens (including phenoxy) is 1. The number of hydrogen-bond acceptors (Lipinski definition) is 3. The summed E-state index contributed by atoms with van der Waals surface area (Å²) in [7, 11) is 0. The molecule has 2 aliphatic rings. The van der Waals surface area contributed by atoms with Crippen LogP contribution in [0, 0.1) is 0 Å². The third-order valence-corrected chi connectivity index (χ3v) is 3.90. The van der Waals surface area contributed by atoms with Gasteiger partial charge < -0.3 is 14.7 Å².